The predicted molar refractivity (Wildman–Crippen MR) is 80.5 cm³/mol. The van der Waals surface area contributed by atoms with Crippen molar-refractivity contribution >= 4 is 0 Å². The molecule has 0 aliphatic rings. The highest BCUT2D eigenvalue weighted by Gasteiger charge is 2.08. The number of ether oxygens (including phenoxy) is 2. The number of hydrogen-bond acceptors (Lipinski definition) is 4. The molecule has 21 heavy (non-hydrogen) atoms. The Kier molecular flexibility index (Phi) is 5.22. The molecule has 0 bridgehead atoms. The van der Waals surface area contributed by atoms with Crippen molar-refractivity contribution in [3.05, 3.63) is 41.7 Å². The summed E-state index contributed by atoms with van der Waals surface area (Å²) in [4.78, 5) is 0. The molecule has 114 valence electrons. The van der Waals surface area contributed by atoms with Crippen molar-refractivity contribution in [1.29, 1.82) is 0 Å². The summed E-state index contributed by atoms with van der Waals surface area (Å²) in [7, 11) is 0. The largest absolute Gasteiger partial charge is 0.490 e. The molecule has 0 saturated heterocycles. The van der Waals surface area contributed by atoms with Crippen LogP contribution in [0.3, 0.4) is 0 Å². The third-order valence-corrected chi connectivity index (χ3v) is 3.06. The molecular weight excluding hydrogens is 268 g/mol. The van der Waals surface area contributed by atoms with Gasteiger partial charge in [-0.2, -0.15) is 5.10 Å². The van der Waals surface area contributed by atoms with E-state index in [-0.39, 0.29) is 6.61 Å². The van der Waals surface area contributed by atoms with E-state index in [9.17, 15) is 5.11 Å². The van der Waals surface area contributed by atoms with E-state index in [0.717, 1.165) is 11.3 Å². The second kappa shape index (κ2) is 7.13. The lowest BCUT2D eigenvalue weighted by Gasteiger charge is -2.12. The van der Waals surface area contributed by atoms with Crippen molar-refractivity contribution in [3.8, 4) is 11.5 Å². The summed E-state index contributed by atoms with van der Waals surface area (Å²) < 4.78 is 13.2. The Morgan fingerprint density at radius 3 is 2.62 bits per heavy atom. The molecule has 0 radical (unpaired) electrons. The quantitative estimate of drug-likeness (QED) is 0.852. The first-order chi connectivity index (χ1) is 10.1. The normalized spacial score (nSPS) is 10.9. The molecule has 0 aliphatic heterocycles. The summed E-state index contributed by atoms with van der Waals surface area (Å²) in [6.07, 6.45) is 1.95. The molecule has 0 amide bonds. The molecular formula is C16H22N2O3. The third-order valence-electron chi connectivity index (χ3n) is 3.06. The van der Waals surface area contributed by atoms with Crippen LogP contribution in [0.4, 0.5) is 0 Å². The highest BCUT2D eigenvalue weighted by Crippen LogP contribution is 2.29. The van der Waals surface area contributed by atoms with Crippen LogP contribution >= 0.6 is 0 Å². The summed E-state index contributed by atoms with van der Waals surface area (Å²) in [5, 5.41) is 13.6. The molecule has 0 atom stereocenters. The topological polar surface area (TPSA) is 56.5 Å². The molecule has 0 saturated carbocycles. The average molecular weight is 290 g/mol. The lowest BCUT2D eigenvalue weighted by Crippen LogP contribution is -2.04. The zero-order chi connectivity index (χ0) is 15.2. The van der Waals surface area contributed by atoms with Gasteiger partial charge in [-0.1, -0.05) is 6.07 Å². The van der Waals surface area contributed by atoms with Gasteiger partial charge in [0.25, 0.3) is 0 Å². The summed E-state index contributed by atoms with van der Waals surface area (Å²) >= 11 is 0. The Morgan fingerprint density at radius 2 is 2.00 bits per heavy atom. The Balaban J connectivity index is 2.07. The van der Waals surface area contributed by atoms with E-state index in [1.807, 2.05) is 36.0 Å². The number of hydrogen-bond donors (Lipinski definition) is 1. The maximum Gasteiger partial charge on any atom is 0.161 e. The molecule has 0 unspecified atom stereocenters. The van der Waals surface area contributed by atoms with Crippen LogP contribution in [0.1, 0.15) is 38.1 Å². The van der Waals surface area contributed by atoms with Gasteiger partial charge in [0.2, 0.25) is 0 Å². The Morgan fingerprint density at radius 1 is 1.19 bits per heavy atom. The van der Waals surface area contributed by atoms with Crippen molar-refractivity contribution < 1.29 is 14.6 Å². The molecule has 0 fully saturated rings. The third kappa shape index (κ3) is 3.98. The van der Waals surface area contributed by atoms with Crippen molar-refractivity contribution in [3.63, 3.8) is 0 Å². The van der Waals surface area contributed by atoms with Gasteiger partial charge in [-0.15, -0.1) is 0 Å². The number of nitrogens with zero attached hydrogens (tertiary/aromatic N) is 2. The van der Waals surface area contributed by atoms with Gasteiger partial charge < -0.3 is 14.6 Å². The first-order valence-electron chi connectivity index (χ1n) is 7.17. The van der Waals surface area contributed by atoms with E-state index in [1.54, 1.807) is 6.07 Å². The van der Waals surface area contributed by atoms with Crippen LogP contribution in [0.5, 0.6) is 11.5 Å². The fraction of sp³-hybridized carbons (Fsp3) is 0.438. The fourth-order valence-electron chi connectivity index (χ4n) is 1.93. The molecule has 0 spiro atoms. The Hall–Kier alpha value is -2.01. The van der Waals surface area contributed by atoms with Crippen molar-refractivity contribution in [2.75, 3.05) is 6.61 Å². The first-order valence-corrected chi connectivity index (χ1v) is 7.17. The summed E-state index contributed by atoms with van der Waals surface area (Å²) in [5.41, 5.74) is 1.67. The fourth-order valence-corrected chi connectivity index (χ4v) is 1.93. The highest BCUT2D eigenvalue weighted by molar-refractivity contribution is 5.42. The maximum absolute atomic E-state index is 9.17. The van der Waals surface area contributed by atoms with Crippen molar-refractivity contribution in [2.45, 2.75) is 40.0 Å². The van der Waals surface area contributed by atoms with Gasteiger partial charge >= 0.3 is 0 Å². The standard InChI is InChI=1S/C16H22N2O3/c1-4-20-16-9-13(10-19)5-6-15(16)21-11-14-7-8-18(17-14)12(2)3/h5-9,12,19H,4,10-11H2,1-3H3. The van der Waals surface area contributed by atoms with Crippen LogP contribution in [-0.2, 0) is 13.2 Å². The van der Waals surface area contributed by atoms with Crippen LogP contribution in [0.2, 0.25) is 0 Å². The lowest BCUT2D eigenvalue weighted by molar-refractivity contribution is 0.260. The van der Waals surface area contributed by atoms with Gasteiger partial charge in [0.15, 0.2) is 11.5 Å². The monoisotopic (exact) mass is 290 g/mol. The molecule has 2 rings (SSSR count). The Bertz CT molecular complexity index is 579. The van der Waals surface area contributed by atoms with Gasteiger partial charge in [0.1, 0.15) is 6.61 Å². The van der Waals surface area contributed by atoms with E-state index < -0.39 is 0 Å². The van der Waals surface area contributed by atoms with Gasteiger partial charge in [0.05, 0.1) is 18.9 Å². The van der Waals surface area contributed by atoms with Crippen molar-refractivity contribution in [1.82, 2.24) is 9.78 Å². The maximum atomic E-state index is 9.17. The average Bonchev–Trinajstić information content (AvgIpc) is 2.95. The summed E-state index contributed by atoms with van der Waals surface area (Å²) in [5.74, 6) is 1.31. The van der Waals surface area contributed by atoms with Gasteiger partial charge in [-0.3, -0.25) is 4.68 Å². The van der Waals surface area contributed by atoms with Gasteiger partial charge in [-0.25, -0.2) is 0 Å². The highest BCUT2D eigenvalue weighted by atomic mass is 16.5. The summed E-state index contributed by atoms with van der Waals surface area (Å²) in [6, 6.07) is 7.72. The van der Waals surface area contributed by atoms with Gasteiger partial charge in [0, 0.05) is 12.2 Å². The molecule has 1 aromatic carbocycles. The first kappa shape index (κ1) is 15.4. The Labute approximate surface area is 125 Å². The molecule has 2 aromatic rings. The molecule has 0 aliphatic carbocycles. The molecule has 1 heterocycles. The van der Waals surface area contributed by atoms with Crippen molar-refractivity contribution in [2.24, 2.45) is 0 Å². The van der Waals surface area contributed by atoms with E-state index >= 15 is 0 Å². The molecule has 1 aromatic heterocycles. The SMILES string of the molecule is CCOc1cc(CO)ccc1OCc1ccn(C(C)C)n1. The van der Waals surface area contributed by atoms with Crippen LogP contribution < -0.4 is 9.47 Å². The minimum absolute atomic E-state index is 0.0147. The van der Waals surface area contributed by atoms with Crippen LogP contribution in [0.25, 0.3) is 0 Å². The van der Waals surface area contributed by atoms with Gasteiger partial charge in [-0.05, 0) is 44.5 Å². The number of rotatable bonds is 7. The predicted octanol–water partition coefficient (Wildman–Crippen LogP) is 2.93. The van der Waals surface area contributed by atoms with E-state index in [1.165, 1.54) is 0 Å². The zero-order valence-corrected chi connectivity index (χ0v) is 12.7. The number of benzene rings is 1. The second-order valence-electron chi connectivity index (χ2n) is 5.04. The molecule has 5 nitrogen and oxygen atoms in total. The minimum atomic E-state index is -0.0147. The molecule has 1 N–H and O–H groups in total. The zero-order valence-electron chi connectivity index (χ0n) is 12.7. The van der Waals surface area contributed by atoms with E-state index in [0.29, 0.717) is 30.8 Å². The molecule has 5 heteroatoms. The van der Waals surface area contributed by atoms with Crippen LogP contribution in [0, 0.1) is 0 Å². The van der Waals surface area contributed by atoms with Crippen LogP contribution in [0.15, 0.2) is 30.5 Å². The second-order valence-corrected chi connectivity index (χ2v) is 5.04. The van der Waals surface area contributed by atoms with E-state index in [4.69, 9.17) is 9.47 Å². The van der Waals surface area contributed by atoms with E-state index in [2.05, 4.69) is 18.9 Å². The number of aromatic nitrogens is 2. The lowest BCUT2D eigenvalue weighted by atomic mass is 10.2. The smallest absolute Gasteiger partial charge is 0.161 e. The number of aliphatic hydroxyl groups is 1. The number of aliphatic hydroxyl groups excluding tert-OH is 1. The summed E-state index contributed by atoms with van der Waals surface area (Å²) in [6.45, 7) is 7.00. The minimum Gasteiger partial charge on any atom is -0.490 e. The van der Waals surface area contributed by atoms with Crippen LogP contribution in [-0.4, -0.2) is 21.5 Å².